The Labute approximate surface area is 222 Å². The number of nitrogens with zero attached hydrogens (tertiary/aromatic N) is 2. The van der Waals surface area contributed by atoms with Crippen molar-refractivity contribution in [1.29, 1.82) is 0 Å². The van der Waals surface area contributed by atoms with Gasteiger partial charge in [-0.25, -0.2) is 4.39 Å². The Morgan fingerprint density at radius 2 is 2.06 bits per heavy atom. The van der Waals surface area contributed by atoms with Crippen molar-refractivity contribution in [3.63, 3.8) is 0 Å². The first kappa shape index (κ1) is 26.4. The third kappa shape index (κ3) is 5.52. The standard InChI is InChI=1S/C29H33FN2O2S2/c1-6-20(8-10-22(7-2)35-5)27-17-26-28(34-27)23(12-13-31(26)4)21-9-11-25(30)24(16-21)29(33)32-14-15-36-19(3)18-32/h6-13,16-17,19,26H,14-15,18H2,1-5H3/b10-8-,20-6+,22-7+. The van der Waals surface area contributed by atoms with Gasteiger partial charge in [-0.3, -0.25) is 4.79 Å². The van der Waals surface area contributed by atoms with Crippen molar-refractivity contribution in [1.82, 2.24) is 9.80 Å². The van der Waals surface area contributed by atoms with Crippen LogP contribution < -0.4 is 0 Å². The van der Waals surface area contributed by atoms with Crippen molar-refractivity contribution in [2.45, 2.75) is 32.1 Å². The molecule has 0 radical (unpaired) electrons. The lowest BCUT2D eigenvalue weighted by Gasteiger charge is -2.31. The SMILES string of the molecule is C\C=C(/C=C\C(=C/C)C1=CC2C(=C(c3ccc(F)c(C(=O)N4CCSC(C)C4)c3)C=CN2C)O1)SC. The fourth-order valence-electron chi connectivity index (χ4n) is 4.51. The molecule has 3 heterocycles. The van der Waals surface area contributed by atoms with E-state index >= 15 is 0 Å². The summed E-state index contributed by atoms with van der Waals surface area (Å²) in [7, 11) is 2.01. The Morgan fingerprint density at radius 1 is 1.25 bits per heavy atom. The number of hydrogen-bond donors (Lipinski definition) is 0. The topological polar surface area (TPSA) is 32.8 Å². The number of likely N-dealkylation sites (N-methyl/N-ethyl adjacent to an activating group) is 1. The number of amides is 1. The second kappa shape index (κ2) is 11.6. The molecule has 1 aromatic rings. The molecule has 1 fully saturated rings. The number of hydrogen-bond acceptors (Lipinski definition) is 5. The van der Waals surface area contributed by atoms with E-state index in [1.54, 1.807) is 28.8 Å². The predicted octanol–water partition coefficient (Wildman–Crippen LogP) is 6.63. The molecule has 1 saturated heterocycles. The number of ether oxygens (including phenoxy) is 1. The number of rotatable bonds is 6. The van der Waals surface area contributed by atoms with Crippen LogP contribution in [0.15, 0.2) is 82.9 Å². The number of fused-ring (bicyclic) bond motifs is 1. The van der Waals surface area contributed by atoms with Crippen molar-refractivity contribution in [3.05, 3.63) is 99.8 Å². The van der Waals surface area contributed by atoms with Crippen LogP contribution in [0.4, 0.5) is 4.39 Å². The van der Waals surface area contributed by atoms with Gasteiger partial charge in [-0.15, -0.1) is 11.8 Å². The summed E-state index contributed by atoms with van der Waals surface area (Å²) in [5.74, 6) is 1.70. The maximum Gasteiger partial charge on any atom is 0.256 e. The van der Waals surface area contributed by atoms with E-state index < -0.39 is 5.82 Å². The van der Waals surface area contributed by atoms with Gasteiger partial charge in [0.1, 0.15) is 23.4 Å². The van der Waals surface area contributed by atoms with Crippen molar-refractivity contribution < 1.29 is 13.9 Å². The molecule has 0 aromatic heterocycles. The van der Waals surface area contributed by atoms with Gasteiger partial charge in [0.2, 0.25) is 0 Å². The maximum atomic E-state index is 14.8. The minimum Gasteiger partial charge on any atom is -0.458 e. The molecule has 4 nitrogen and oxygen atoms in total. The Bertz CT molecular complexity index is 1210. The van der Waals surface area contributed by atoms with Crippen LogP contribution >= 0.6 is 23.5 Å². The van der Waals surface area contributed by atoms with E-state index in [9.17, 15) is 9.18 Å². The van der Waals surface area contributed by atoms with Crippen LogP contribution in [0, 0.1) is 5.82 Å². The molecule has 0 saturated carbocycles. The average Bonchev–Trinajstić information content (AvgIpc) is 3.33. The molecular weight excluding hydrogens is 491 g/mol. The van der Waals surface area contributed by atoms with Crippen molar-refractivity contribution in [2.24, 2.45) is 0 Å². The maximum absolute atomic E-state index is 14.8. The number of allylic oxidation sites excluding steroid dienone is 6. The molecule has 0 spiro atoms. The number of carbonyl (C=O) groups excluding carboxylic acids is 1. The summed E-state index contributed by atoms with van der Waals surface area (Å²) in [6, 6.07) is 4.72. The molecule has 3 aliphatic rings. The summed E-state index contributed by atoms with van der Waals surface area (Å²) in [6.45, 7) is 7.39. The Balaban J connectivity index is 1.65. The van der Waals surface area contributed by atoms with Crippen LogP contribution in [0.3, 0.4) is 0 Å². The van der Waals surface area contributed by atoms with Crippen LogP contribution in [0.25, 0.3) is 5.57 Å². The predicted molar refractivity (Wildman–Crippen MR) is 151 cm³/mol. The van der Waals surface area contributed by atoms with Crippen LogP contribution in [0.5, 0.6) is 0 Å². The van der Waals surface area contributed by atoms with E-state index in [-0.39, 0.29) is 17.5 Å². The minimum atomic E-state index is -0.491. The molecule has 0 bridgehead atoms. The molecule has 7 heteroatoms. The molecule has 1 amide bonds. The number of thioether (sulfide) groups is 2. The second-order valence-corrected chi connectivity index (χ2v) is 11.4. The summed E-state index contributed by atoms with van der Waals surface area (Å²) < 4.78 is 21.3. The summed E-state index contributed by atoms with van der Waals surface area (Å²) in [5.41, 5.74) is 2.74. The second-order valence-electron chi connectivity index (χ2n) is 8.94. The fourth-order valence-corrected chi connectivity index (χ4v) is 5.97. The van der Waals surface area contributed by atoms with Crippen LogP contribution in [-0.4, -0.2) is 59.1 Å². The molecule has 190 valence electrons. The van der Waals surface area contributed by atoms with Gasteiger partial charge in [-0.2, -0.15) is 11.8 Å². The first-order chi connectivity index (χ1) is 17.4. The van der Waals surface area contributed by atoms with Gasteiger partial charge in [-0.05, 0) is 56.0 Å². The van der Waals surface area contributed by atoms with Gasteiger partial charge < -0.3 is 14.5 Å². The monoisotopic (exact) mass is 524 g/mol. The quantitative estimate of drug-likeness (QED) is 0.390. The highest BCUT2D eigenvalue weighted by Gasteiger charge is 2.33. The zero-order valence-electron chi connectivity index (χ0n) is 21.5. The van der Waals surface area contributed by atoms with E-state index in [2.05, 4.69) is 42.4 Å². The zero-order valence-corrected chi connectivity index (χ0v) is 23.1. The molecule has 0 N–H and O–H groups in total. The smallest absolute Gasteiger partial charge is 0.256 e. The summed E-state index contributed by atoms with van der Waals surface area (Å²) in [6.07, 6.45) is 16.4. The number of benzene rings is 1. The Morgan fingerprint density at radius 3 is 2.75 bits per heavy atom. The van der Waals surface area contributed by atoms with Crippen LogP contribution in [0.2, 0.25) is 0 Å². The average molecular weight is 525 g/mol. The van der Waals surface area contributed by atoms with E-state index in [1.165, 1.54) is 11.0 Å². The lowest BCUT2D eigenvalue weighted by molar-refractivity contribution is 0.0758. The largest absolute Gasteiger partial charge is 0.458 e. The van der Waals surface area contributed by atoms with Crippen LogP contribution in [-0.2, 0) is 4.74 Å². The molecule has 2 atom stereocenters. The Kier molecular flexibility index (Phi) is 8.52. The molecule has 36 heavy (non-hydrogen) atoms. The molecule has 4 rings (SSSR count). The molecule has 1 aromatic carbocycles. The molecular formula is C29H33FN2O2S2. The van der Waals surface area contributed by atoms with Crippen molar-refractivity contribution >= 4 is 35.0 Å². The van der Waals surface area contributed by atoms with Gasteiger partial charge in [-0.1, -0.05) is 31.2 Å². The van der Waals surface area contributed by atoms with Crippen molar-refractivity contribution in [3.8, 4) is 0 Å². The van der Waals surface area contributed by atoms with Gasteiger partial charge in [0.15, 0.2) is 0 Å². The van der Waals surface area contributed by atoms with Gasteiger partial charge in [0.05, 0.1) is 5.56 Å². The zero-order chi connectivity index (χ0) is 25.8. The van der Waals surface area contributed by atoms with Crippen molar-refractivity contribution in [2.75, 3.05) is 32.1 Å². The number of halogens is 1. The summed E-state index contributed by atoms with van der Waals surface area (Å²) in [5, 5.41) is 0.350. The normalized spacial score (nSPS) is 22.8. The van der Waals surface area contributed by atoms with E-state index in [1.807, 2.05) is 51.0 Å². The lowest BCUT2D eigenvalue weighted by atomic mass is 9.96. The highest BCUT2D eigenvalue weighted by atomic mass is 32.2. The number of carbonyl (C=O) groups is 1. The Hall–Kier alpha value is -2.64. The third-order valence-electron chi connectivity index (χ3n) is 6.56. The minimum absolute atomic E-state index is 0.0748. The van der Waals surface area contributed by atoms with E-state index in [0.717, 1.165) is 34.0 Å². The lowest BCUT2D eigenvalue weighted by Crippen LogP contribution is -2.41. The molecule has 2 unspecified atom stereocenters. The molecule has 3 aliphatic heterocycles. The van der Waals surface area contributed by atoms with E-state index in [0.29, 0.717) is 18.3 Å². The summed E-state index contributed by atoms with van der Waals surface area (Å²) in [4.78, 5) is 18.2. The third-order valence-corrected chi connectivity index (χ3v) is 8.54. The highest BCUT2D eigenvalue weighted by molar-refractivity contribution is 8.02. The fraction of sp³-hybridized carbons (Fsp3) is 0.345. The highest BCUT2D eigenvalue weighted by Crippen LogP contribution is 2.39. The first-order valence-electron chi connectivity index (χ1n) is 12.2. The van der Waals surface area contributed by atoms with Gasteiger partial charge >= 0.3 is 0 Å². The van der Waals surface area contributed by atoms with Gasteiger partial charge in [0, 0.05) is 53.4 Å². The first-order valence-corrected chi connectivity index (χ1v) is 14.4. The summed E-state index contributed by atoms with van der Waals surface area (Å²) >= 11 is 3.54. The van der Waals surface area contributed by atoms with Gasteiger partial charge in [0.25, 0.3) is 5.91 Å². The van der Waals surface area contributed by atoms with E-state index in [4.69, 9.17) is 4.74 Å². The molecule has 0 aliphatic carbocycles. The van der Waals surface area contributed by atoms with Crippen LogP contribution in [0.1, 0.15) is 36.7 Å².